The first kappa shape index (κ1) is 16.7. The molecule has 0 aliphatic carbocycles. The summed E-state index contributed by atoms with van der Waals surface area (Å²) in [6.45, 7) is 5.90. The zero-order chi connectivity index (χ0) is 15.6. The van der Waals surface area contributed by atoms with Gasteiger partial charge in [0.25, 0.3) is 5.91 Å². The number of nitrogens with zero attached hydrogens (tertiary/aromatic N) is 2. The zero-order valence-electron chi connectivity index (χ0n) is 12.8. The molecular weight excluding hydrogens is 264 g/mol. The Labute approximate surface area is 119 Å². The highest BCUT2D eigenvalue weighted by atomic mass is 16.9. The van der Waals surface area contributed by atoms with Gasteiger partial charge in [0.05, 0.1) is 14.2 Å². The fourth-order valence-corrected chi connectivity index (χ4v) is 2.95. The second kappa shape index (κ2) is 5.97. The van der Waals surface area contributed by atoms with E-state index in [1.165, 1.54) is 19.1 Å². The lowest BCUT2D eigenvalue weighted by atomic mass is 9.67. The Morgan fingerprint density at radius 3 is 2.15 bits per heavy atom. The number of likely N-dealkylation sites (tertiary alicyclic amines) is 1. The standard InChI is InChI=1S/C13H24N2O5/c1-12(2,3)13(10(16)15(19-4)20-5)8-6-7-9-14(13)11(17)18/h6-9H2,1-5H3,(H,17,18)/t13-/m1/s1. The van der Waals surface area contributed by atoms with E-state index in [-0.39, 0.29) is 0 Å². The third-order valence-electron chi connectivity index (χ3n) is 3.95. The fourth-order valence-electron chi connectivity index (χ4n) is 2.95. The Hall–Kier alpha value is -1.34. The van der Waals surface area contributed by atoms with Crippen molar-refractivity contribution in [3.8, 4) is 0 Å². The maximum atomic E-state index is 12.8. The number of hydrogen-bond acceptors (Lipinski definition) is 4. The van der Waals surface area contributed by atoms with Crippen molar-refractivity contribution < 1.29 is 24.4 Å². The summed E-state index contributed by atoms with van der Waals surface area (Å²) in [5, 5.41) is 10.2. The summed E-state index contributed by atoms with van der Waals surface area (Å²) >= 11 is 0. The number of carbonyl (C=O) groups excluding carboxylic acids is 1. The van der Waals surface area contributed by atoms with Crippen LogP contribution in [-0.4, -0.2) is 53.5 Å². The molecule has 0 radical (unpaired) electrons. The van der Waals surface area contributed by atoms with Gasteiger partial charge in [-0.25, -0.2) is 14.5 Å². The third-order valence-corrected chi connectivity index (χ3v) is 3.95. The monoisotopic (exact) mass is 288 g/mol. The smallest absolute Gasteiger partial charge is 0.408 e. The molecule has 0 aromatic heterocycles. The van der Waals surface area contributed by atoms with Crippen LogP contribution < -0.4 is 0 Å². The molecule has 0 saturated carbocycles. The number of amides is 2. The van der Waals surface area contributed by atoms with E-state index in [4.69, 9.17) is 9.68 Å². The van der Waals surface area contributed by atoms with Crippen LogP contribution in [-0.2, 0) is 14.5 Å². The first-order valence-electron chi connectivity index (χ1n) is 6.65. The van der Waals surface area contributed by atoms with Crippen LogP contribution in [0.15, 0.2) is 0 Å². The van der Waals surface area contributed by atoms with Crippen LogP contribution in [0.2, 0.25) is 0 Å². The van der Waals surface area contributed by atoms with E-state index < -0.39 is 23.0 Å². The van der Waals surface area contributed by atoms with Crippen molar-refractivity contribution in [3.63, 3.8) is 0 Å². The molecule has 7 heteroatoms. The van der Waals surface area contributed by atoms with Gasteiger partial charge in [-0.1, -0.05) is 26.0 Å². The molecule has 116 valence electrons. The summed E-state index contributed by atoms with van der Waals surface area (Å²) < 4.78 is 0. The zero-order valence-corrected chi connectivity index (χ0v) is 12.8. The highest BCUT2D eigenvalue weighted by Gasteiger charge is 2.57. The minimum atomic E-state index is -1.19. The molecule has 1 saturated heterocycles. The van der Waals surface area contributed by atoms with E-state index in [0.29, 0.717) is 13.0 Å². The number of rotatable bonds is 3. The first-order chi connectivity index (χ1) is 9.22. The molecule has 1 rings (SSSR count). The Balaban J connectivity index is 3.34. The molecule has 0 bridgehead atoms. The third kappa shape index (κ3) is 2.60. The van der Waals surface area contributed by atoms with Gasteiger partial charge in [0.1, 0.15) is 5.54 Å². The Kier molecular flexibility index (Phi) is 4.99. The summed E-state index contributed by atoms with van der Waals surface area (Å²) in [5.74, 6) is -0.489. The lowest BCUT2D eigenvalue weighted by molar-refractivity contribution is -0.326. The van der Waals surface area contributed by atoms with Crippen LogP contribution in [0, 0.1) is 5.41 Å². The second-order valence-corrected chi connectivity index (χ2v) is 5.93. The summed E-state index contributed by atoms with van der Waals surface area (Å²) in [6, 6.07) is 0. The van der Waals surface area contributed by atoms with Gasteiger partial charge in [-0.2, -0.15) is 0 Å². The second-order valence-electron chi connectivity index (χ2n) is 5.93. The Morgan fingerprint density at radius 1 is 1.20 bits per heavy atom. The Bertz CT molecular complexity index is 375. The van der Waals surface area contributed by atoms with Gasteiger partial charge in [0.2, 0.25) is 0 Å². The molecule has 0 aromatic rings. The number of piperidine rings is 1. The summed E-state index contributed by atoms with van der Waals surface area (Å²) in [5.41, 5.74) is -1.78. The van der Waals surface area contributed by atoms with E-state index in [9.17, 15) is 14.7 Å². The maximum absolute atomic E-state index is 12.8. The van der Waals surface area contributed by atoms with Gasteiger partial charge in [0, 0.05) is 6.54 Å². The van der Waals surface area contributed by atoms with Crippen molar-refractivity contribution in [3.05, 3.63) is 0 Å². The van der Waals surface area contributed by atoms with Crippen LogP contribution in [0.5, 0.6) is 0 Å². The van der Waals surface area contributed by atoms with Crippen LogP contribution >= 0.6 is 0 Å². The van der Waals surface area contributed by atoms with Crippen molar-refractivity contribution in [2.75, 3.05) is 20.8 Å². The summed E-state index contributed by atoms with van der Waals surface area (Å²) in [7, 11) is 2.62. The molecule has 0 spiro atoms. The van der Waals surface area contributed by atoms with E-state index in [2.05, 4.69) is 0 Å². The van der Waals surface area contributed by atoms with Gasteiger partial charge in [-0.15, -0.1) is 0 Å². The van der Waals surface area contributed by atoms with Crippen molar-refractivity contribution in [2.45, 2.75) is 45.6 Å². The van der Waals surface area contributed by atoms with E-state index in [1.807, 2.05) is 20.8 Å². The molecule has 2 amide bonds. The molecule has 1 atom stereocenters. The van der Waals surface area contributed by atoms with Crippen molar-refractivity contribution in [1.82, 2.24) is 10.1 Å². The van der Waals surface area contributed by atoms with Gasteiger partial charge in [-0.05, 0) is 24.7 Å². The highest BCUT2D eigenvalue weighted by Crippen LogP contribution is 2.44. The van der Waals surface area contributed by atoms with Crippen LogP contribution in [0.3, 0.4) is 0 Å². The van der Waals surface area contributed by atoms with Crippen molar-refractivity contribution in [2.24, 2.45) is 5.41 Å². The number of carboxylic acid groups (broad SMARTS) is 1. The summed E-state index contributed by atoms with van der Waals surface area (Å²) in [6.07, 6.45) is 0.885. The molecule has 7 nitrogen and oxygen atoms in total. The number of hydroxylamine groups is 2. The number of hydrogen-bond donors (Lipinski definition) is 1. The molecule has 20 heavy (non-hydrogen) atoms. The summed E-state index contributed by atoms with van der Waals surface area (Å²) in [4.78, 5) is 35.4. The highest BCUT2D eigenvalue weighted by molar-refractivity contribution is 5.89. The molecule has 0 aromatic carbocycles. The van der Waals surface area contributed by atoms with Gasteiger partial charge in [-0.3, -0.25) is 9.69 Å². The quantitative estimate of drug-likeness (QED) is 0.802. The van der Waals surface area contributed by atoms with Crippen LogP contribution in [0.25, 0.3) is 0 Å². The average Bonchev–Trinajstić information content (AvgIpc) is 2.38. The minimum Gasteiger partial charge on any atom is -0.465 e. The fraction of sp³-hybridized carbons (Fsp3) is 0.846. The molecule has 1 fully saturated rings. The number of carbonyl (C=O) groups is 2. The molecule has 1 aliphatic heterocycles. The Morgan fingerprint density at radius 2 is 1.75 bits per heavy atom. The molecule has 1 aliphatic rings. The maximum Gasteiger partial charge on any atom is 0.408 e. The van der Waals surface area contributed by atoms with E-state index in [0.717, 1.165) is 18.1 Å². The predicted molar refractivity (Wildman–Crippen MR) is 71.6 cm³/mol. The molecule has 1 N–H and O–H groups in total. The van der Waals surface area contributed by atoms with Crippen LogP contribution in [0.1, 0.15) is 40.0 Å². The average molecular weight is 288 g/mol. The first-order valence-corrected chi connectivity index (χ1v) is 6.65. The van der Waals surface area contributed by atoms with Crippen LogP contribution in [0.4, 0.5) is 4.79 Å². The lowest BCUT2D eigenvalue weighted by Crippen LogP contribution is -2.68. The lowest BCUT2D eigenvalue weighted by Gasteiger charge is -2.52. The van der Waals surface area contributed by atoms with Crippen molar-refractivity contribution >= 4 is 12.0 Å². The van der Waals surface area contributed by atoms with Gasteiger partial charge >= 0.3 is 6.09 Å². The molecule has 1 heterocycles. The normalized spacial score (nSPS) is 23.6. The van der Waals surface area contributed by atoms with Gasteiger partial charge in [0.15, 0.2) is 0 Å². The SMILES string of the molecule is CON(OC)C(=O)[C@@]1(C(C)(C)C)CCCCN1C(=O)O. The topological polar surface area (TPSA) is 79.3 Å². The minimum absolute atomic E-state index is 0.333. The predicted octanol–water partition coefficient (Wildman–Crippen LogP) is 1.89. The van der Waals surface area contributed by atoms with E-state index >= 15 is 0 Å². The molecule has 0 unspecified atom stereocenters. The molecular formula is C13H24N2O5. The largest absolute Gasteiger partial charge is 0.465 e. The van der Waals surface area contributed by atoms with E-state index in [1.54, 1.807) is 0 Å². The van der Waals surface area contributed by atoms with Gasteiger partial charge < -0.3 is 5.11 Å². The van der Waals surface area contributed by atoms with Crippen molar-refractivity contribution in [1.29, 1.82) is 0 Å².